The zero-order valence-electron chi connectivity index (χ0n) is 10.2. The van der Waals surface area contributed by atoms with Crippen molar-refractivity contribution in [1.82, 2.24) is 4.98 Å². The number of pyridine rings is 1. The SMILES string of the molecule is CC(C)c1cc(C(C)C)nc(C2CC2)c1. The fourth-order valence-corrected chi connectivity index (χ4v) is 1.81. The molecule has 1 saturated carbocycles. The van der Waals surface area contributed by atoms with Crippen LogP contribution in [-0.4, -0.2) is 4.98 Å². The van der Waals surface area contributed by atoms with Crippen molar-refractivity contribution in [3.63, 3.8) is 0 Å². The Balaban J connectivity index is 2.39. The van der Waals surface area contributed by atoms with E-state index in [4.69, 9.17) is 4.98 Å². The maximum absolute atomic E-state index is 4.78. The average Bonchev–Trinajstić information content (AvgIpc) is 3.00. The average molecular weight is 203 g/mol. The largest absolute Gasteiger partial charge is 0.257 e. The summed E-state index contributed by atoms with van der Waals surface area (Å²) >= 11 is 0. The van der Waals surface area contributed by atoms with Crippen LogP contribution >= 0.6 is 0 Å². The molecule has 0 aromatic carbocycles. The molecule has 1 heteroatoms. The van der Waals surface area contributed by atoms with Crippen LogP contribution in [0.1, 0.15) is 75.2 Å². The molecule has 15 heavy (non-hydrogen) atoms. The molecule has 82 valence electrons. The molecule has 0 amide bonds. The molecule has 2 rings (SSSR count). The summed E-state index contributed by atoms with van der Waals surface area (Å²) in [7, 11) is 0. The zero-order valence-corrected chi connectivity index (χ0v) is 10.2. The third-order valence-corrected chi connectivity index (χ3v) is 3.14. The van der Waals surface area contributed by atoms with Gasteiger partial charge in [0.15, 0.2) is 0 Å². The van der Waals surface area contributed by atoms with E-state index in [-0.39, 0.29) is 0 Å². The third-order valence-electron chi connectivity index (χ3n) is 3.14. The Morgan fingerprint density at radius 1 is 1.07 bits per heavy atom. The van der Waals surface area contributed by atoms with Crippen LogP contribution in [0.25, 0.3) is 0 Å². The first-order valence-electron chi connectivity index (χ1n) is 6.09. The van der Waals surface area contributed by atoms with Gasteiger partial charge in [-0.3, -0.25) is 4.98 Å². The Hall–Kier alpha value is -0.850. The van der Waals surface area contributed by atoms with Crippen LogP contribution in [0.15, 0.2) is 12.1 Å². The van der Waals surface area contributed by atoms with Crippen molar-refractivity contribution in [2.45, 2.75) is 58.3 Å². The van der Waals surface area contributed by atoms with Gasteiger partial charge in [0.1, 0.15) is 0 Å². The summed E-state index contributed by atoms with van der Waals surface area (Å²) in [5.41, 5.74) is 4.06. The van der Waals surface area contributed by atoms with Crippen LogP contribution in [0.5, 0.6) is 0 Å². The Bertz CT molecular complexity index is 292. The number of rotatable bonds is 3. The van der Waals surface area contributed by atoms with Crippen molar-refractivity contribution in [2.75, 3.05) is 0 Å². The van der Waals surface area contributed by atoms with E-state index in [1.165, 1.54) is 29.8 Å². The van der Waals surface area contributed by atoms with E-state index in [1.54, 1.807) is 0 Å². The highest BCUT2D eigenvalue weighted by Crippen LogP contribution is 2.40. The Morgan fingerprint density at radius 3 is 2.20 bits per heavy atom. The van der Waals surface area contributed by atoms with Gasteiger partial charge in [-0.2, -0.15) is 0 Å². The molecule has 0 aliphatic heterocycles. The summed E-state index contributed by atoms with van der Waals surface area (Å²) in [6.45, 7) is 8.97. The van der Waals surface area contributed by atoms with E-state index in [2.05, 4.69) is 39.8 Å². The molecule has 1 heterocycles. The number of nitrogens with zero attached hydrogens (tertiary/aromatic N) is 1. The lowest BCUT2D eigenvalue weighted by Gasteiger charge is -2.13. The first-order chi connectivity index (χ1) is 7.08. The molecule has 0 radical (unpaired) electrons. The summed E-state index contributed by atoms with van der Waals surface area (Å²) in [5.74, 6) is 1.92. The highest BCUT2D eigenvalue weighted by molar-refractivity contribution is 5.29. The maximum Gasteiger partial charge on any atom is 0.0440 e. The Kier molecular flexibility index (Phi) is 2.81. The lowest BCUT2D eigenvalue weighted by atomic mass is 9.98. The van der Waals surface area contributed by atoms with Gasteiger partial charge < -0.3 is 0 Å². The van der Waals surface area contributed by atoms with Crippen molar-refractivity contribution in [3.05, 3.63) is 29.1 Å². The molecular weight excluding hydrogens is 182 g/mol. The lowest BCUT2D eigenvalue weighted by Crippen LogP contribution is -2.00. The Morgan fingerprint density at radius 2 is 1.73 bits per heavy atom. The normalized spacial score (nSPS) is 16.4. The van der Waals surface area contributed by atoms with Crippen molar-refractivity contribution >= 4 is 0 Å². The van der Waals surface area contributed by atoms with Gasteiger partial charge in [-0.1, -0.05) is 27.7 Å². The first-order valence-corrected chi connectivity index (χ1v) is 6.09. The van der Waals surface area contributed by atoms with Gasteiger partial charge in [-0.15, -0.1) is 0 Å². The van der Waals surface area contributed by atoms with Gasteiger partial charge in [-0.25, -0.2) is 0 Å². The van der Waals surface area contributed by atoms with Crippen molar-refractivity contribution < 1.29 is 0 Å². The van der Waals surface area contributed by atoms with Gasteiger partial charge >= 0.3 is 0 Å². The molecule has 0 N–H and O–H groups in total. The third kappa shape index (κ3) is 2.39. The highest BCUT2D eigenvalue weighted by atomic mass is 14.7. The van der Waals surface area contributed by atoms with Crippen LogP contribution in [0.3, 0.4) is 0 Å². The lowest BCUT2D eigenvalue weighted by molar-refractivity contribution is 0.781. The molecule has 1 aromatic rings. The molecule has 0 atom stereocenters. The molecule has 1 aliphatic carbocycles. The fourth-order valence-electron chi connectivity index (χ4n) is 1.81. The predicted molar refractivity (Wildman–Crippen MR) is 64.4 cm³/mol. The maximum atomic E-state index is 4.78. The smallest absolute Gasteiger partial charge is 0.0440 e. The second kappa shape index (κ2) is 3.96. The fraction of sp³-hybridized carbons (Fsp3) is 0.643. The van der Waals surface area contributed by atoms with Gasteiger partial charge in [0.2, 0.25) is 0 Å². The minimum atomic E-state index is 0.543. The quantitative estimate of drug-likeness (QED) is 0.717. The van der Waals surface area contributed by atoms with Crippen molar-refractivity contribution in [3.8, 4) is 0 Å². The number of hydrogen-bond acceptors (Lipinski definition) is 1. The van der Waals surface area contributed by atoms with E-state index in [0.717, 1.165) is 5.92 Å². The number of hydrogen-bond donors (Lipinski definition) is 0. The van der Waals surface area contributed by atoms with Gasteiger partial charge in [-0.05, 0) is 42.4 Å². The van der Waals surface area contributed by atoms with Gasteiger partial charge in [0.25, 0.3) is 0 Å². The van der Waals surface area contributed by atoms with Crippen LogP contribution in [0, 0.1) is 0 Å². The molecule has 1 nitrogen and oxygen atoms in total. The van der Waals surface area contributed by atoms with Crippen LogP contribution < -0.4 is 0 Å². The molecule has 0 spiro atoms. The second-order valence-electron chi connectivity index (χ2n) is 5.33. The predicted octanol–water partition coefficient (Wildman–Crippen LogP) is 4.21. The van der Waals surface area contributed by atoms with Crippen LogP contribution in [0.4, 0.5) is 0 Å². The van der Waals surface area contributed by atoms with Gasteiger partial charge in [0, 0.05) is 17.3 Å². The van der Waals surface area contributed by atoms with E-state index in [0.29, 0.717) is 11.8 Å². The van der Waals surface area contributed by atoms with E-state index in [9.17, 15) is 0 Å². The monoisotopic (exact) mass is 203 g/mol. The van der Waals surface area contributed by atoms with E-state index < -0.39 is 0 Å². The first kappa shape index (κ1) is 10.7. The van der Waals surface area contributed by atoms with Crippen molar-refractivity contribution in [2.24, 2.45) is 0 Å². The second-order valence-corrected chi connectivity index (χ2v) is 5.33. The molecular formula is C14H21N. The van der Waals surface area contributed by atoms with E-state index >= 15 is 0 Å². The summed E-state index contributed by atoms with van der Waals surface area (Å²) in [6, 6.07) is 4.59. The summed E-state index contributed by atoms with van der Waals surface area (Å²) in [6.07, 6.45) is 2.68. The topological polar surface area (TPSA) is 12.9 Å². The molecule has 0 saturated heterocycles. The van der Waals surface area contributed by atoms with Gasteiger partial charge in [0.05, 0.1) is 0 Å². The van der Waals surface area contributed by atoms with Crippen LogP contribution in [-0.2, 0) is 0 Å². The molecule has 1 aliphatic rings. The van der Waals surface area contributed by atoms with Crippen molar-refractivity contribution in [1.29, 1.82) is 0 Å². The minimum absolute atomic E-state index is 0.543. The number of aromatic nitrogens is 1. The molecule has 0 unspecified atom stereocenters. The zero-order chi connectivity index (χ0) is 11.0. The molecule has 0 bridgehead atoms. The van der Waals surface area contributed by atoms with Crippen LogP contribution in [0.2, 0.25) is 0 Å². The highest BCUT2D eigenvalue weighted by Gasteiger charge is 2.26. The Labute approximate surface area is 92.9 Å². The summed E-state index contributed by atoms with van der Waals surface area (Å²) in [5, 5.41) is 0. The molecule has 1 aromatic heterocycles. The summed E-state index contributed by atoms with van der Waals surface area (Å²) in [4.78, 5) is 4.78. The van der Waals surface area contributed by atoms with E-state index in [1.807, 2.05) is 0 Å². The standard InChI is InChI=1S/C14H21N/c1-9(2)12-7-13(10(3)4)15-14(8-12)11-5-6-11/h7-11H,5-6H2,1-4H3. The minimum Gasteiger partial charge on any atom is -0.257 e. The molecule has 1 fully saturated rings. The summed E-state index contributed by atoms with van der Waals surface area (Å²) < 4.78 is 0.